The van der Waals surface area contributed by atoms with Gasteiger partial charge in [0, 0.05) is 26.2 Å². The average Bonchev–Trinajstić information content (AvgIpc) is 3.01. The highest BCUT2D eigenvalue weighted by Crippen LogP contribution is 2.62. The van der Waals surface area contributed by atoms with Crippen molar-refractivity contribution in [3.05, 3.63) is 24.3 Å². The van der Waals surface area contributed by atoms with E-state index in [1.54, 1.807) is 32.9 Å². The van der Waals surface area contributed by atoms with Gasteiger partial charge in [-0.1, -0.05) is 25.2 Å². The van der Waals surface area contributed by atoms with Gasteiger partial charge in [-0.15, -0.1) is 11.6 Å². The summed E-state index contributed by atoms with van der Waals surface area (Å²) >= 11 is 6.77. The summed E-state index contributed by atoms with van der Waals surface area (Å²) in [6.45, 7) is 12.6. The molecule has 2 bridgehead atoms. The summed E-state index contributed by atoms with van der Waals surface area (Å²) < 4.78 is 29.8. The molecule has 0 aromatic rings. The summed E-state index contributed by atoms with van der Waals surface area (Å²) in [7, 11) is 0. The molecule has 1 unspecified atom stereocenters. The third-order valence-electron chi connectivity index (χ3n) is 8.32. The van der Waals surface area contributed by atoms with E-state index in [0.717, 1.165) is 0 Å². The smallest absolute Gasteiger partial charge is 0.312 e. The Hall–Kier alpha value is -2.43. The van der Waals surface area contributed by atoms with Crippen LogP contribution in [0.2, 0.25) is 0 Å². The van der Waals surface area contributed by atoms with Crippen LogP contribution >= 0.6 is 11.6 Å². The van der Waals surface area contributed by atoms with E-state index in [0.29, 0.717) is 5.57 Å². The highest BCUT2D eigenvalue weighted by Gasteiger charge is 2.77. The topological polar surface area (TPSA) is 135 Å². The molecular weight excluding hydrogens is 508 g/mol. The average molecular weight is 541 g/mol. The van der Waals surface area contributed by atoms with Crippen LogP contribution in [0, 0.1) is 17.3 Å². The standard InChI is InChI=1S/C26H33ClO10/c1-11-10-16(31)20-24(6)9-8-17(33-13(3)28)25(7,36-15(5)30)19(24)22(34-14(4)29)26(37-20)12(2)23(32)35-21(26)18(11)27/h8-9,12,16-22,31H,1,10H2,2-7H3/t12-,16+,17+,18-,19+,20+,21-,22+,24-,25+,26?/m0/s1. The molecule has 4 rings (SSSR count). The molecule has 11 heteroatoms. The van der Waals surface area contributed by atoms with Crippen molar-refractivity contribution >= 4 is 35.5 Å². The largest absolute Gasteiger partial charge is 0.459 e. The van der Waals surface area contributed by atoms with E-state index in [9.17, 15) is 24.3 Å². The lowest BCUT2D eigenvalue weighted by molar-refractivity contribution is -0.329. The molecule has 37 heavy (non-hydrogen) atoms. The summed E-state index contributed by atoms with van der Waals surface area (Å²) in [6, 6.07) is 0. The fourth-order valence-electron chi connectivity index (χ4n) is 6.87. The predicted octanol–water partition coefficient (Wildman–Crippen LogP) is 1.99. The monoisotopic (exact) mass is 540 g/mol. The molecule has 0 aromatic heterocycles. The zero-order valence-corrected chi connectivity index (χ0v) is 22.4. The van der Waals surface area contributed by atoms with E-state index in [4.69, 9.17) is 35.3 Å². The van der Waals surface area contributed by atoms with Crippen molar-refractivity contribution in [1.82, 2.24) is 0 Å². The van der Waals surface area contributed by atoms with Gasteiger partial charge < -0.3 is 28.8 Å². The molecule has 3 aliphatic heterocycles. The van der Waals surface area contributed by atoms with E-state index >= 15 is 0 Å². The van der Waals surface area contributed by atoms with Gasteiger partial charge in [0.05, 0.1) is 29.4 Å². The molecule has 1 N–H and O–H groups in total. The van der Waals surface area contributed by atoms with Crippen LogP contribution in [-0.2, 0) is 42.9 Å². The summed E-state index contributed by atoms with van der Waals surface area (Å²) in [5.41, 5.74) is -3.99. The number of aliphatic hydroxyl groups is 1. The van der Waals surface area contributed by atoms with Gasteiger partial charge >= 0.3 is 23.9 Å². The Balaban J connectivity index is 2.06. The van der Waals surface area contributed by atoms with Gasteiger partial charge in [0.1, 0.15) is 6.10 Å². The zero-order valence-electron chi connectivity index (χ0n) is 21.7. The number of alkyl halides is 1. The minimum atomic E-state index is -1.68. The molecule has 204 valence electrons. The Morgan fingerprint density at radius 3 is 2.30 bits per heavy atom. The van der Waals surface area contributed by atoms with Crippen molar-refractivity contribution in [2.75, 3.05) is 0 Å². The van der Waals surface area contributed by atoms with Crippen LogP contribution in [0.3, 0.4) is 0 Å². The van der Waals surface area contributed by atoms with Crippen molar-refractivity contribution in [2.45, 2.75) is 95.1 Å². The second-order valence-electron chi connectivity index (χ2n) is 10.8. The Labute approximate surface area is 220 Å². The van der Waals surface area contributed by atoms with Crippen molar-refractivity contribution in [2.24, 2.45) is 17.3 Å². The lowest BCUT2D eigenvalue weighted by Crippen LogP contribution is -2.78. The Morgan fingerprint density at radius 2 is 1.73 bits per heavy atom. The van der Waals surface area contributed by atoms with Gasteiger partial charge in [-0.3, -0.25) is 19.2 Å². The first-order chi connectivity index (χ1) is 17.1. The highest BCUT2D eigenvalue weighted by atomic mass is 35.5. The van der Waals surface area contributed by atoms with Crippen LogP contribution in [0.1, 0.15) is 48.0 Å². The third-order valence-corrected chi connectivity index (χ3v) is 8.86. The molecule has 3 heterocycles. The van der Waals surface area contributed by atoms with Gasteiger partial charge in [-0.25, -0.2) is 0 Å². The van der Waals surface area contributed by atoms with E-state index < -0.39 is 88.2 Å². The number of hydrogen-bond donors (Lipinski definition) is 1. The third kappa shape index (κ3) is 3.99. The molecule has 0 aromatic carbocycles. The minimum Gasteiger partial charge on any atom is -0.459 e. The second-order valence-corrected chi connectivity index (χ2v) is 11.3. The maximum atomic E-state index is 13.1. The van der Waals surface area contributed by atoms with Crippen LogP contribution in [0.25, 0.3) is 0 Å². The van der Waals surface area contributed by atoms with Crippen LogP contribution < -0.4 is 0 Å². The predicted molar refractivity (Wildman–Crippen MR) is 128 cm³/mol. The number of halogens is 1. The maximum Gasteiger partial charge on any atom is 0.312 e. The summed E-state index contributed by atoms with van der Waals surface area (Å²) in [5.74, 6) is -4.57. The van der Waals surface area contributed by atoms with Crippen LogP contribution in [0.4, 0.5) is 0 Å². The van der Waals surface area contributed by atoms with E-state index in [2.05, 4.69) is 6.58 Å². The summed E-state index contributed by atoms with van der Waals surface area (Å²) in [5, 5.41) is 10.4. The number of hydrogen-bond acceptors (Lipinski definition) is 10. The van der Waals surface area contributed by atoms with E-state index in [-0.39, 0.29) is 6.42 Å². The minimum absolute atomic E-state index is 0.0450. The molecule has 0 saturated carbocycles. The van der Waals surface area contributed by atoms with Crippen LogP contribution in [0.15, 0.2) is 24.3 Å². The number of aliphatic hydroxyl groups excluding tert-OH is 1. The first-order valence-corrected chi connectivity index (χ1v) is 12.6. The van der Waals surface area contributed by atoms with Gasteiger partial charge in [0.15, 0.2) is 23.4 Å². The molecule has 4 aliphatic rings. The van der Waals surface area contributed by atoms with Gasteiger partial charge in [0.25, 0.3) is 0 Å². The maximum absolute atomic E-state index is 13.1. The first-order valence-electron chi connectivity index (χ1n) is 12.2. The molecule has 1 spiro atoms. The Morgan fingerprint density at radius 1 is 1.11 bits per heavy atom. The quantitative estimate of drug-likeness (QED) is 0.245. The summed E-state index contributed by atoms with van der Waals surface area (Å²) in [6.07, 6.45) is -2.27. The summed E-state index contributed by atoms with van der Waals surface area (Å²) in [4.78, 5) is 50.1. The van der Waals surface area contributed by atoms with Crippen LogP contribution in [-0.4, -0.2) is 76.1 Å². The first kappa shape index (κ1) is 27.6. The lowest BCUT2D eigenvalue weighted by atomic mass is 9.51. The zero-order chi connectivity index (χ0) is 27.7. The van der Waals surface area contributed by atoms with Crippen molar-refractivity contribution < 1.29 is 48.0 Å². The molecule has 3 saturated heterocycles. The molecule has 11 atom stereocenters. The number of fused-ring (bicyclic) bond motifs is 3. The molecule has 0 amide bonds. The Kier molecular flexibility index (Phi) is 6.79. The van der Waals surface area contributed by atoms with Crippen molar-refractivity contribution in [3.63, 3.8) is 0 Å². The molecule has 3 fully saturated rings. The number of esters is 4. The van der Waals surface area contributed by atoms with Gasteiger partial charge in [-0.05, 0) is 26.3 Å². The van der Waals surface area contributed by atoms with Crippen LogP contribution in [0.5, 0.6) is 0 Å². The number of rotatable bonds is 3. The fraction of sp³-hybridized carbons (Fsp3) is 0.692. The molecule has 10 nitrogen and oxygen atoms in total. The van der Waals surface area contributed by atoms with E-state index in [1.807, 2.05) is 0 Å². The van der Waals surface area contributed by atoms with E-state index in [1.165, 1.54) is 20.8 Å². The molecule has 0 radical (unpaired) electrons. The van der Waals surface area contributed by atoms with Gasteiger partial charge in [0.2, 0.25) is 0 Å². The number of carbonyl (C=O) groups excluding carboxylic acids is 4. The second kappa shape index (κ2) is 9.10. The van der Waals surface area contributed by atoms with Crippen molar-refractivity contribution in [1.29, 1.82) is 0 Å². The number of carbonyl (C=O) groups is 4. The van der Waals surface area contributed by atoms with Gasteiger partial charge in [-0.2, -0.15) is 0 Å². The number of ether oxygens (including phenoxy) is 5. The molecular formula is C26H33ClO10. The SMILES string of the molecule is C=C1C[C@@H](O)[C@H]2OC3([C@H](OC(C)=O)[C@@H]4[C@]2(C)C=C[C@@H](OC(C)=O)[C@@]4(C)OC(C)=O)[C@@H](C)C(=O)O[C@H]3[C@H]1Cl. The Bertz CT molecular complexity index is 1070. The fourth-order valence-corrected chi connectivity index (χ4v) is 7.21. The lowest BCUT2D eigenvalue weighted by Gasteiger charge is -2.64. The molecule has 1 aliphatic carbocycles. The normalized spacial score (nSPS) is 46.5. The highest BCUT2D eigenvalue weighted by molar-refractivity contribution is 6.23. The van der Waals surface area contributed by atoms with Crippen molar-refractivity contribution in [3.8, 4) is 0 Å².